The molecule has 1 radical (unpaired) electrons. The van der Waals surface area contributed by atoms with Crippen LogP contribution in [-0.4, -0.2) is 17.4 Å². The summed E-state index contributed by atoms with van der Waals surface area (Å²) in [6.45, 7) is 0. The summed E-state index contributed by atoms with van der Waals surface area (Å²) in [7, 11) is 0. The molecule has 1 aliphatic rings. The lowest BCUT2D eigenvalue weighted by atomic mass is 9.92. The molecule has 0 saturated heterocycles. The first-order chi connectivity index (χ1) is 11.7. The van der Waals surface area contributed by atoms with Crippen molar-refractivity contribution in [3.8, 4) is 0 Å². The van der Waals surface area contributed by atoms with Crippen LogP contribution >= 0.6 is 66.2 Å². The fraction of sp³-hybridized carbons (Fsp3) is 0.267. The first kappa shape index (κ1) is 22.5. The monoisotopic (exact) mass is 637 g/mol. The second kappa shape index (κ2) is 7.58. The van der Waals surface area contributed by atoms with Gasteiger partial charge in [0.2, 0.25) is 0 Å². The second-order valence-corrected chi connectivity index (χ2v) is 9.74. The van der Waals surface area contributed by atoms with Crippen molar-refractivity contribution in [1.29, 1.82) is 0 Å². The third-order valence-electron chi connectivity index (χ3n) is 3.23. The van der Waals surface area contributed by atoms with E-state index in [-0.39, 0.29) is 4.48 Å². The molecule has 2 rings (SSSR count). The topological polar surface area (TPSA) is 0 Å². The van der Waals surface area contributed by atoms with E-state index < -0.39 is 38.3 Å². The van der Waals surface area contributed by atoms with Crippen LogP contribution in [0.4, 0.5) is 30.7 Å². The third-order valence-corrected chi connectivity index (χ3v) is 6.50. The van der Waals surface area contributed by atoms with Crippen molar-refractivity contribution in [1.82, 2.24) is 0 Å². The van der Waals surface area contributed by atoms with E-state index in [1.165, 1.54) is 6.08 Å². The van der Waals surface area contributed by atoms with E-state index >= 15 is 0 Å². The van der Waals surface area contributed by atoms with Gasteiger partial charge in [0.05, 0.1) is 4.32 Å². The first-order valence-electron chi connectivity index (χ1n) is 6.61. The Kier molecular flexibility index (Phi) is 6.57. The second-order valence-electron chi connectivity index (χ2n) is 5.16. The van der Waals surface area contributed by atoms with Gasteiger partial charge in [0.15, 0.2) is 0 Å². The van der Waals surface area contributed by atoms with Crippen molar-refractivity contribution in [3.63, 3.8) is 0 Å². The molecular formula is C15H7Br2F7IS. The highest BCUT2D eigenvalue weighted by molar-refractivity contribution is 14.1. The van der Waals surface area contributed by atoms with Crippen molar-refractivity contribution >= 4 is 66.2 Å². The minimum absolute atomic E-state index is 0.255. The van der Waals surface area contributed by atoms with Gasteiger partial charge in [0.1, 0.15) is 0 Å². The molecule has 0 heterocycles. The standard InChI is InChI=1S/C15H7Br2F7IS/c16-8-5-9(26-15(23,24)13(18,19)14(20,21)22)7-12(17,6-8)10-3-1-2-4-11(10)25/h1-7H. The quantitative estimate of drug-likeness (QED) is 0.184. The smallest absolute Gasteiger partial charge is 0.188 e. The van der Waals surface area contributed by atoms with Gasteiger partial charge >= 0.3 is 17.4 Å². The van der Waals surface area contributed by atoms with E-state index in [9.17, 15) is 30.7 Å². The van der Waals surface area contributed by atoms with E-state index in [1.54, 1.807) is 30.7 Å². The van der Waals surface area contributed by atoms with Crippen LogP contribution in [0.2, 0.25) is 0 Å². The summed E-state index contributed by atoms with van der Waals surface area (Å²) in [5.74, 6) is -6.18. The van der Waals surface area contributed by atoms with Gasteiger partial charge < -0.3 is 0 Å². The van der Waals surface area contributed by atoms with Gasteiger partial charge in [-0.1, -0.05) is 50.1 Å². The molecule has 1 unspecified atom stereocenters. The lowest BCUT2D eigenvalue weighted by Gasteiger charge is -2.32. The number of benzene rings is 1. The van der Waals surface area contributed by atoms with E-state index in [0.717, 1.165) is 9.65 Å². The SMILES string of the molecule is FC(F)(F)C(F)(F)C(F)(F)SC1=CC(Br)(c2ccccc2I)[CH]C(Br)=C1. The van der Waals surface area contributed by atoms with Gasteiger partial charge in [-0.3, -0.25) is 0 Å². The van der Waals surface area contributed by atoms with Crippen LogP contribution in [0, 0.1) is 9.99 Å². The number of halogens is 10. The molecular weight excluding hydrogens is 632 g/mol. The van der Waals surface area contributed by atoms with Crippen molar-refractivity contribution in [2.75, 3.05) is 0 Å². The Hall–Kier alpha value is 0.250. The largest absolute Gasteiger partial charge is 0.460 e. The molecule has 0 amide bonds. The molecule has 0 bridgehead atoms. The zero-order valence-electron chi connectivity index (χ0n) is 12.2. The van der Waals surface area contributed by atoms with Crippen molar-refractivity contribution in [2.45, 2.75) is 21.7 Å². The average molecular weight is 639 g/mol. The van der Waals surface area contributed by atoms with Gasteiger partial charge in [-0.2, -0.15) is 30.7 Å². The molecule has 1 aromatic carbocycles. The number of thioether (sulfide) groups is 1. The molecule has 0 spiro atoms. The van der Waals surface area contributed by atoms with Gasteiger partial charge in [-0.05, 0) is 58.1 Å². The zero-order chi connectivity index (χ0) is 20.0. The average Bonchev–Trinajstić information content (AvgIpc) is 2.44. The molecule has 1 aliphatic carbocycles. The summed E-state index contributed by atoms with van der Waals surface area (Å²) in [5.41, 5.74) is 0.620. The van der Waals surface area contributed by atoms with Crippen LogP contribution < -0.4 is 0 Å². The van der Waals surface area contributed by atoms with Gasteiger partial charge in [0.25, 0.3) is 0 Å². The Labute approximate surface area is 179 Å². The molecule has 0 aliphatic heterocycles. The van der Waals surface area contributed by atoms with E-state index in [1.807, 2.05) is 22.6 Å². The summed E-state index contributed by atoms with van der Waals surface area (Å²) < 4.78 is 90.6. The van der Waals surface area contributed by atoms with Gasteiger partial charge in [0, 0.05) is 19.4 Å². The molecule has 0 fully saturated rings. The Morgan fingerprint density at radius 3 is 2.12 bits per heavy atom. The van der Waals surface area contributed by atoms with E-state index in [4.69, 9.17) is 0 Å². The summed E-state index contributed by atoms with van der Waals surface area (Å²) in [6, 6.07) is 6.85. The molecule has 26 heavy (non-hydrogen) atoms. The minimum atomic E-state index is -6.37. The van der Waals surface area contributed by atoms with Crippen LogP contribution in [0.15, 0.2) is 45.8 Å². The molecule has 0 saturated carbocycles. The van der Waals surface area contributed by atoms with Gasteiger partial charge in [-0.15, -0.1) is 0 Å². The third kappa shape index (κ3) is 4.45. The highest BCUT2D eigenvalue weighted by Crippen LogP contribution is 2.56. The lowest BCUT2D eigenvalue weighted by Crippen LogP contribution is -2.50. The Morgan fingerprint density at radius 1 is 1.00 bits per heavy atom. The Balaban J connectivity index is 2.43. The number of rotatable bonds is 4. The molecule has 143 valence electrons. The highest BCUT2D eigenvalue weighted by Gasteiger charge is 2.73. The summed E-state index contributed by atoms with van der Waals surface area (Å²) in [5, 5.41) is -5.38. The maximum absolute atomic E-state index is 13.7. The summed E-state index contributed by atoms with van der Waals surface area (Å²) in [4.78, 5) is -0.440. The van der Waals surface area contributed by atoms with Gasteiger partial charge in [-0.25, -0.2) is 0 Å². The Bertz CT molecular complexity index is 761. The maximum Gasteiger partial charge on any atom is 0.460 e. The molecule has 0 nitrogen and oxygen atoms in total. The predicted octanol–water partition coefficient (Wildman–Crippen LogP) is 7.79. The molecule has 1 atom stereocenters. The van der Waals surface area contributed by atoms with E-state index in [2.05, 4.69) is 31.9 Å². The fourth-order valence-corrected chi connectivity index (χ4v) is 6.26. The van der Waals surface area contributed by atoms with Crippen molar-refractivity contribution in [3.05, 3.63) is 61.4 Å². The highest BCUT2D eigenvalue weighted by atomic mass is 127. The van der Waals surface area contributed by atoms with Crippen molar-refractivity contribution in [2.24, 2.45) is 0 Å². The number of hydrogen-bond donors (Lipinski definition) is 0. The van der Waals surface area contributed by atoms with Crippen LogP contribution in [0.1, 0.15) is 5.56 Å². The summed E-state index contributed by atoms with van der Waals surface area (Å²) >= 11 is 7.61. The lowest BCUT2D eigenvalue weighted by molar-refractivity contribution is -0.330. The Morgan fingerprint density at radius 2 is 1.58 bits per heavy atom. The van der Waals surface area contributed by atoms with Crippen molar-refractivity contribution < 1.29 is 30.7 Å². The molecule has 11 heteroatoms. The summed E-state index contributed by atoms with van der Waals surface area (Å²) in [6.07, 6.45) is -2.57. The fourth-order valence-electron chi connectivity index (χ4n) is 2.03. The molecule has 1 aromatic rings. The normalized spacial score (nSPS) is 22.1. The number of hydrogen-bond acceptors (Lipinski definition) is 1. The predicted molar refractivity (Wildman–Crippen MR) is 103 cm³/mol. The van der Waals surface area contributed by atoms with Crippen LogP contribution in [0.25, 0.3) is 0 Å². The van der Waals surface area contributed by atoms with Crippen LogP contribution in [-0.2, 0) is 4.32 Å². The number of allylic oxidation sites excluding steroid dienone is 3. The molecule has 0 aromatic heterocycles. The minimum Gasteiger partial charge on any atom is -0.188 e. The molecule has 0 N–H and O–H groups in total. The van der Waals surface area contributed by atoms with E-state index in [0.29, 0.717) is 5.56 Å². The van der Waals surface area contributed by atoms with Crippen LogP contribution in [0.3, 0.4) is 0 Å². The first-order valence-corrected chi connectivity index (χ1v) is 10.1. The zero-order valence-corrected chi connectivity index (χ0v) is 18.4. The van der Waals surface area contributed by atoms with Crippen LogP contribution in [0.5, 0.6) is 0 Å². The maximum atomic E-state index is 13.7. The number of alkyl halides is 8.